The van der Waals surface area contributed by atoms with Crippen LogP contribution in [0.3, 0.4) is 0 Å². The standard InChI is InChI=1S/C52H106O/c1-2-3-4-5-6-7-8-9-10-11-12-13-14-15-16-17-18-19-20-21-22-23-24-25-26-27-28-29-30-31-32-33-34-35-36-37-38-39-40-41-42-43-44-45-46-47-48-49-50-51-52-53/h53H,2-52H2,1H3. The number of hydrogen-bond donors (Lipinski definition) is 1. The molecular weight excluding hydrogens is 641 g/mol. The van der Waals surface area contributed by atoms with Gasteiger partial charge in [0.1, 0.15) is 0 Å². The van der Waals surface area contributed by atoms with Crippen molar-refractivity contribution in [2.75, 3.05) is 6.61 Å². The molecule has 0 saturated heterocycles. The number of rotatable bonds is 50. The minimum Gasteiger partial charge on any atom is -0.396 e. The van der Waals surface area contributed by atoms with Gasteiger partial charge in [0, 0.05) is 6.61 Å². The van der Waals surface area contributed by atoms with E-state index in [1.807, 2.05) is 0 Å². The molecule has 0 amide bonds. The summed E-state index contributed by atoms with van der Waals surface area (Å²) >= 11 is 0. The van der Waals surface area contributed by atoms with E-state index in [9.17, 15) is 0 Å². The first-order valence-electron chi connectivity index (χ1n) is 26.0. The van der Waals surface area contributed by atoms with Crippen LogP contribution in [-0.2, 0) is 0 Å². The summed E-state index contributed by atoms with van der Waals surface area (Å²) in [6.07, 6.45) is 73.0. The van der Waals surface area contributed by atoms with E-state index in [2.05, 4.69) is 6.92 Å². The number of aliphatic hydroxyl groups excluding tert-OH is 1. The monoisotopic (exact) mass is 747 g/mol. The van der Waals surface area contributed by atoms with E-state index in [-0.39, 0.29) is 0 Å². The fourth-order valence-electron chi connectivity index (χ4n) is 8.67. The van der Waals surface area contributed by atoms with Gasteiger partial charge in [-0.25, -0.2) is 0 Å². The molecule has 320 valence electrons. The van der Waals surface area contributed by atoms with E-state index in [4.69, 9.17) is 5.11 Å². The highest BCUT2D eigenvalue weighted by atomic mass is 16.2. The highest BCUT2D eigenvalue weighted by Gasteiger charge is 1.99. The van der Waals surface area contributed by atoms with E-state index in [1.54, 1.807) is 0 Å². The average Bonchev–Trinajstić information content (AvgIpc) is 3.17. The van der Waals surface area contributed by atoms with Crippen LogP contribution in [0.15, 0.2) is 0 Å². The maximum Gasteiger partial charge on any atom is 0.0431 e. The Hall–Kier alpha value is -0.0400. The SMILES string of the molecule is CCCCCCCCCCCCCCCCCCCCCCCCCCCCCCCCCCCCCCCCCCCCCCCCCCCCO. The van der Waals surface area contributed by atoms with Gasteiger partial charge in [0.05, 0.1) is 0 Å². The Morgan fingerprint density at radius 2 is 0.245 bits per heavy atom. The Morgan fingerprint density at radius 1 is 0.151 bits per heavy atom. The van der Waals surface area contributed by atoms with Crippen molar-refractivity contribution in [3.8, 4) is 0 Å². The van der Waals surface area contributed by atoms with Crippen LogP contribution in [0, 0.1) is 0 Å². The zero-order valence-corrected chi connectivity index (χ0v) is 37.5. The summed E-state index contributed by atoms with van der Waals surface area (Å²) in [6, 6.07) is 0. The first kappa shape index (κ1) is 53.0. The lowest BCUT2D eigenvalue weighted by molar-refractivity contribution is 0.282. The molecule has 0 rings (SSSR count). The van der Waals surface area contributed by atoms with Crippen LogP contribution in [0.1, 0.15) is 328 Å². The van der Waals surface area contributed by atoms with Gasteiger partial charge in [-0.05, 0) is 6.42 Å². The summed E-state index contributed by atoms with van der Waals surface area (Å²) in [5, 5.41) is 8.82. The summed E-state index contributed by atoms with van der Waals surface area (Å²) in [4.78, 5) is 0. The van der Waals surface area contributed by atoms with Gasteiger partial charge in [0.2, 0.25) is 0 Å². The second kappa shape index (κ2) is 52.0. The molecule has 0 bridgehead atoms. The minimum atomic E-state index is 0.375. The highest BCUT2D eigenvalue weighted by molar-refractivity contribution is 4.54. The van der Waals surface area contributed by atoms with Crippen molar-refractivity contribution in [2.45, 2.75) is 328 Å². The molecule has 0 atom stereocenters. The fraction of sp³-hybridized carbons (Fsp3) is 1.00. The molecule has 0 fully saturated rings. The quantitative estimate of drug-likeness (QED) is 0.0615. The zero-order chi connectivity index (χ0) is 38.1. The summed E-state index contributed by atoms with van der Waals surface area (Å²) < 4.78 is 0. The van der Waals surface area contributed by atoms with E-state index >= 15 is 0 Å². The zero-order valence-electron chi connectivity index (χ0n) is 37.5. The summed E-state index contributed by atoms with van der Waals surface area (Å²) in [5.74, 6) is 0. The number of hydrogen-bond acceptors (Lipinski definition) is 1. The number of unbranched alkanes of at least 4 members (excludes halogenated alkanes) is 49. The molecule has 0 saturated carbocycles. The molecule has 0 aliphatic rings. The largest absolute Gasteiger partial charge is 0.396 e. The van der Waals surface area contributed by atoms with Gasteiger partial charge in [-0.3, -0.25) is 0 Å². The Kier molecular flexibility index (Phi) is 51.9. The van der Waals surface area contributed by atoms with Crippen LogP contribution >= 0.6 is 0 Å². The maximum atomic E-state index is 8.82. The first-order valence-corrected chi connectivity index (χ1v) is 26.0. The van der Waals surface area contributed by atoms with E-state index in [0.29, 0.717) is 6.61 Å². The first-order chi connectivity index (χ1) is 26.4. The lowest BCUT2D eigenvalue weighted by Gasteiger charge is -2.05. The molecule has 0 spiro atoms. The molecule has 0 aromatic rings. The second-order valence-corrected chi connectivity index (χ2v) is 18.0. The fourth-order valence-corrected chi connectivity index (χ4v) is 8.67. The van der Waals surface area contributed by atoms with Crippen LogP contribution in [0.5, 0.6) is 0 Å². The van der Waals surface area contributed by atoms with Gasteiger partial charge < -0.3 is 5.11 Å². The van der Waals surface area contributed by atoms with Crippen LogP contribution < -0.4 is 0 Å². The van der Waals surface area contributed by atoms with Crippen molar-refractivity contribution in [1.29, 1.82) is 0 Å². The van der Waals surface area contributed by atoms with E-state index < -0.39 is 0 Å². The molecule has 1 heteroatoms. The van der Waals surface area contributed by atoms with Crippen LogP contribution in [0.2, 0.25) is 0 Å². The third kappa shape index (κ3) is 52.0. The van der Waals surface area contributed by atoms with Gasteiger partial charge in [0.15, 0.2) is 0 Å². The van der Waals surface area contributed by atoms with Crippen molar-refractivity contribution in [1.82, 2.24) is 0 Å². The molecule has 0 unspecified atom stereocenters. The Morgan fingerprint density at radius 3 is 0.340 bits per heavy atom. The average molecular weight is 747 g/mol. The molecule has 1 nitrogen and oxygen atoms in total. The summed E-state index contributed by atoms with van der Waals surface area (Å²) in [6.45, 7) is 2.69. The maximum absolute atomic E-state index is 8.82. The predicted molar refractivity (Wildman–Crippen MR) is 244 cm³/mol. The molecule has 0 aromatic heterocycles. The molecule has 1 N–H and O–H groups in total. The van der Waals surface area contributed by atoms with Crippen molar-refractivity contribution in [3.63, 3.8) is 0 Å². The molecule has 0 radical (unpaired) electrons. The van der Waals surface area contributed by atoms with Gasteiger partial charge in [-0.1, -0.05) is 322 Å². The molecule has 0 heterocycles. The molecule has 0 aliphatic heterocycles. The van der Waals surface area contributed by atoms with Gasteiger partial charge in [0.25, 0.3) is 0 Å². The normalized spacial score (nSPS) is 11.7. The third-order valence-corrected chi connectivity index (χ3v) is 12.5. The van der Waals surface area contributed by atoms with Gasteiger partial charge in [-0.15, -0.1) is 0 Å². The third-order valence-electron chi connectivity index (χ3n) is 12.5. The van der Waals surface area contributed by atoms with Crippen molar-refractivity contribution in [3.05, 3.63) is 0 Å². The molecule has 53 heavy (non-hydrogen) atoms. The summed E-state index contributed by atoms with van der Waals surface area (Å²) in [5.41, 5.74) is 0. The van der Waals surface area contributed by atoms with Crippen LogP contribution in [-0.4, -0.2) is 11.7 Å². The molecule has 0 aliphatic carbocycles. The second-order valence-electron chi connectivity index (χ2n) is 18.0. The van der Waals surface area contributed by atoms with Gasteiger partial charge >= 0.3 is 0 Å². The minimum absolute atomic E-state index is 0.375. The molecule has 0 aromatic carbocycles. The van der Waals surface area contributed by atoms with E-state index in [1.165, 1.54) is 315 Å². The van der Waals surface area contributed by atoms with E-state index in [0.717, 1.165) is 6.42 Å². The topological polar surface area (TPSA) is 20.2 Å². The van der Waals surface area contributed by atoms with Crippen LogP contribution in [0.4, 0.5) is 0 Å². The lowest BCUT2D eigenvalue weighted by atomic mass is 10.0. The van der Waals surface area contributed by atoms with Crippen LogP contribution in [0.25, 0.3) is 0 Å². The van der Waals surface area contributed by atoms with Crippen molar-refractivity contribution < 1.29 is 5.11 Å². The Labute approximate surface area is 338 Å². The number of aliphatic hydroxyl groups is 1. The van der Waals surface area contributed by atoms with Crippen molar-refractivity contribution >= 4 is 0 Å². The smallest absolute Gasteiger partial charge is 0.0431 e. The highest BCUT2D eigenvalue weighted by Crippen LogP contribution is 2.18. The molecular formula is C52H106O. The Balaban J connectivity index is 3.05. The predicted octanol–water partition coefficient (Wildman–Crippen LogP) is 19.5. The lowest BCUT2D eigenvalue weighted by Crippen LogP contribution is -1.85. The van der Waals surface area contributed by atoms with Crippen molar-refractivity contribution in [2.24, 2.45) is 0 Å². The van der Waals surface area contributed by atoms with Gasteiger partial charge in [-0.2, -0.15) is 0 Å². The Bertz CT molecular complexity index is 536. The summed E-state index contributed by atoms with van der Waals surface area (Å²) in [7, 11) is 0.